The van der Waals surface area contributed by atoms with Crippen LogP contribution >= 0.6 is 0 Å². The van der Waals surface area contributed by atoms with Gasteiger partial charge in [-0.05, 0) is 33.5 Å². The van der Waals surface area contributed by atoms with Gasteiger partial charge >= 0.3 is 0 Å². The lowest BCUT2D eigenvalue weighted by molar-refractivity contribution is 0.152. The van der Waals surface area contributed by atoms with Gasteiger partial charge in [0.1, 0.15) is 0 Å². The summed E-state index contributed by atoms with van der Waals surface area (Å²) in [6.45, 7) is 5.13. The van der Waals surface area contributed by atoms with E-state index in [4.69, 9.17) is 10.5 Å². The number of likely N-dealkylation sites (tertiary alicyclic amines) is 1. The standard InChI is InChI=1S/C12H25N3O/c1-14(2)7-11-4-3-5-15(11)6-10-8-16-9-12(10)13/h10-12H,3-9,13H2,1-2H3. The van der Waals surface area contributed by atoms with Crippen molar-refractivity contribution in [3.63, 3.8) is 0 Å². The zero-order valence-electron chi connectivity index (χ0n) is 10.6. The Morgan fingerprint density at radius 3 is 2.81 bits per heavy atom. The second kappa shape index (κ2) is 5.45. The fourth-order valence-electron chi connectivity index (χ4n) is 2.87. The van der Waals surface area contributed by atoms with E-state index in [1.165, 1.54) is 25.9 Å². The van der Waals surface area contributed by atoms with Crippen molar-refractivity contribution in [2.75, 3.05) is 46.9 Å². The Morgan fingerprint density at radius 1 is 1.38 bits per heavy atom. The topological polar surface area (TPSA) is 41.7 Å². The van der Waals surface area contributed by atoms with Gasteiger partial charge < -0.3 is 15.4 Å². The molecule has 2 aliphatic heterocycles. The normalized spacial score (nSPS) is 36.4. The van der Waals surface area contributed by atoms with E-state index >= 15 is 0 Å². The van der Waals surface area contributed by atoms with Crippen LogP contribution in [-0.4, -0.2) is 68.8 Å². The van der Waals surface area contributed by atoms with Crippen LogP contribution in [0.4, 0.5) is 0 Å². The number of likely N-dealkylation sites (N-methyl/N-ethyl adjacent to an activating group) is 1. The fourth-order valence-corrected chi connectivity index (χ4v) is 2.87. The van der Waals surface area contributed by atoms with Crippen molar-refractivity contribution < 1.29 is 4.74 Å². The molecule has 2 aliphatic rings. The summed E-state index contributed by atoms with van der Waals surface area (Å²) >= 11 is 0. The first-order valence-electron chi connectivity index (χ1n) is 6.39. The lowest BCUT2D eigenvalue weighted by atomic mass is 10.0. The maximum atomic E-state index is 6.04. The van der Waals surface area contributed by atoms with Crippen LogP contribution in [0, 0.1) is 5.92 Å². The highest BCUT2D eigenvalue weighted by Crippen LogP contribution is 2.22. The predicted molar refractivity (Wildman–Crippen MR) is 65.4 cm³/mol. The minimum absolute atomic E-state index is 0.251. The molecule has 0 amide bonds. The zero-order valence-corrected chi connectivity index (χ0v) is 10.6. The maximum Gasteiger partial charge on any atom is 0.0621 e. The Labute approximate surface area is 98.7 Å². The summed E-state index contributed by atoms with van der Waals surface area (Å²) in [4.78, 5) is 4.90. The van der Waals surface area contributed by atoms with Crippen LogP contribution < -0.4 is 5.73 Å². The number of rotatable bonds is 4. The Kier molecular flexibility index (Phi) is 4.19. The summed E-state index contributed by atoms with van der Waals surface area (Å²) in [5, 5.41) is 0. The lowest BCUT2D eigenvalue weighted by Crippen LogP contribution is -2.43. The molecule has 0 spiro atoms. The Bertz CT molecular complexity index is 222. The molecule has 0 bridgehead atoms. The van der Waals surface area contributed by atoms with Gasteiger partial charge in [0.15, 0.2) is 0 Å². The predicted octanol–water partition coefficient (Wildman–Crippen LogP) is -0.0139. The molecule has 0 radical (unpaired) electrons. The van der Waals surface area contributed by atoms with E-state index in [1.54, 1.807) is 0 Å². The van der Waals surface area contributed by atoms with E-state index in [9.17, 15) is 0 Å². The summed E-state index contributed by atoms with van der Waals surface area (Å²) in [7, 11) is 4.31. The van der Waals surface area contributed by atoms with Gasteiger partial charge in [0, 0.05) is 31.1 Å². The average molecular weight is 227 g/mol. The van der Waals surface area contributed by atoms with Gasteiger partial charge in [0.2, 0.25) is 0 Å². The molecule has 0 aromatic carbocycles. The van der Waals surface area contributed by atoms with Crippen LogP contribution in [0.15, 0.2) is 0 Å². The minimum Gasteiger partial charge on any atom is -0.379 e. The van der Waals surface area contributed by atoms with Gasteiger partial charge in [0.05, 0.1) is 13.2 Å². The molecule has 0 aromatic heterocycles. The second-order valence-electron chi connectivity index (χ2n) is 5.51. The van der Waals surface area contributed by atoms with Crippen LogP contribution in [0.25, 0.3) is 0 Å². The van der Waals surface area contributed by atoms with Gasteiger partial charge in [-0.1, -0.05) is 0 Å². The fraction of sp³-hybridized carbons (Fsp3) is 1.00. The maximum absolute atomic E-state index is 6.04. The molecule has 2 rings (SSSR count). The zero-order chi connectivity index (χ0) is 11.5. The van der Waals surface area contributed by atoms with Gasteiger partial charge in [0.25, 0.3) is 0 Å². The molecule has 4 nitrogen and oxygen atoms in total. The smallest absolute Gasteiger partial charge is 0.0621 e. The molecule has 0 aromatic rings. The number of hydrogen-bond acceptors (Lipinski definition) is 4. The Morgan fingerprint density at radius 2 is 2.19 bits per heavy atom. The molecule has 2 fully saturated rings. The van der Waals surface area contributed by atoms with Gasteiger partial charge in [-0.2, -0.15) is 0 Å². The van der Waals surface area contributed by atoms with Crippen molar-refractivity contribution in [2.45, 2.75) is 24.9 Å². The lowest BCUT2D eigenvalue weighted by Gasteiger charge is -2.29. The van der Waals surface area contributed by atoms with Gasteiger partial charge in [-0.15, -0.1) is 0 Å². The van der Waals surface area contributed by atoms with E-state index in [-0.39, 0.29) is 6.04 Å². The Balaban J connectivity index is 1.83. The number of hydrogen-bond donors (Lipinski definition) is 1. The average Bonchev–Trinajstić information content (AvgIpc) is 2.78. The largest absolute Gasteiger partial charge is 0.379 e. The third kappa shape index (κ3) is 2.94. The van der Waals surface area contributed by atoms with Gasteiger partial charge in [-0.25, -0.2) is 0 Å². The molecular formula is C12H25N3O. The first kappa shape index (κ1) is 12.3. The monoisotopic (exact) mass is 227 g/mol. The summed E-state index contributed by atoms with van der Waals surface area (Å²) in [6.07, 6.45) is 2.67. The van der Waals surface area contributed by atoms with Crippen molar-refractivity contribution in [3.05, 3.63) is 0 Å². The number of ether oxygens (including phenoxy) is 1. The third-order valence-corrected chi connectivity index (χ3v) is 3.79. The van der Waals surface area contributed by atoms with Crippen molar-refractivity contribution in [1.29, 1.82) is 0 Å². The van der Waals surface area contributed by atoms with E-state index in [0.29, 0.717) is 5.92 Å². The van der Waals surface area contributed by atoms with Gasteiger partial charge in [-0.3, -0.25) is 4.90 Å². The minimum atomic E-state index is 0.251. The van der Waals surface area contributed by atoms with Crippen LogP contribution in [0.5, 0.6) is 0 Å². The van der Waals surface area contributed by atoms with Crippen molar-refractivity contribution in [3.8, 4) is 0 Å². The molecule has 94 valence electrons. The molecule has 0 saturated carbocycles. The molecule has 2 N–H and O–H groups in total. The summed E-state index contributed by atoms with van der Waals surface area (Å²) in [6, 6.07) is 0.975. The first-order valence-corrected chi connectivity index (χ1v) is 6.39. The van der Waals surface area contributed by atoms with Crippen molar-refractivity contribution >= 4 is 0 Å². The molecule has 2 saturated heterocycles. The molecule has 4 heteroatoms. The molecular weight excluding hydrogens is 202 g/mol. The van der Waals surface area contributed by atoms with Crippen LogP contribution in [0.2, 0.25) is 0 Å². The number of nitrogens with zero attached hydrogens (tertiary/aromatic N) is 2. The van der Waals surface area contributed by atoms with Crippen LogP contribution in [0.3, 0.4) is 0 Å². The highest BCUT2D eigenvalue weighted by Gasteiger charge is 2.31. The van der Waals surface area contributed by atoms with E-state index in [1.807, 2.05) is 0 Å². The Hall–Kier alpha value is -0.160. The van der Waals surface area contributed by atoms with E-state index < -0.39 is 0 Å². The molecule has 2 heterocycles. The van der Waals surface area contributed by atoms with Crippen molar-refractivity contribution in [1.82, 2.24) is 9.80 Å². The van der Waals surface area contributed by atoms with Crippen LogP contribution in [-0.2, 0) is 4.74 Å². The van der Waals surface area contributed by atoms with E-state index in [2.05, 4.69) is 23.9 Å². The second-order valence-corrected chi connectivity index (χ2v) is 5.51. The summed E-state index contributed by atoms with van der Waals surface area (Å²) in [5.74, 6) is 0.544. The van der Waals surface area contributed by atoms with Crippen molar-refractivity contribution in [2.24, 2.45) is 11.7 Å². The SMILES string of the molecule is CN(C)CC1CCCN1CC1COCC1N. The summed E-state index contributed by atoms with van der Waals surface area (Å²) < 4.78 is 5.43. The highest BCUT2D eigenvalue weighted by molar-refractivity contribution is 4.87. The third-order valence-electron chi connectivity index (χ3n) is 3.79. The molecule has 16 heavy (non-hydrogen) atoms. The molecule has 3 atom stereocenters. The molecule has 0 aliphatic carbocycles. The number of nitrogens with two attached hydrogens (primary N) is 1. The molecule has 3 unspecified atom stereocenters. The quantitative estimate of drug-likeness (QED) is 0.733. The summed E-state index contributed by atoms with van der Waals surface area (Å²) in [5.41, 5.74) is 6.04. The highest BCUT2D eigenvalue weighted by atomic mass is 16.5. The van der Waals surface area contributed by atoms with Crippen LogP contribution in [0.1, 0.15) is 12.8 Å². The first-order chi connectivity index (χ1) is 7.66. The van der Waals surface area contributed by atoms with E-state index in [0.717, 1.165) is 25.8 Å².